The van der Waals surface area contributed by atoms with Gasteiger partial charge in [-0.25, -0.2) is 9.38 Å². The molecular formula is C14H9FN2O. The second-order valence-electron chi connectivity index (χ2n) is 4.04. The van der Waals surface area contributed by atoms with Gasteiger partial charge in [-0.3, -0.25) is 4.79 Å². The molecule has 1 atom stereocenters. The Morgan fingerprint density at radius 3 is 2.61 bits per heavy atom. The molecule has 1 aliphatic heterocycles. The van der Waals surface area contributed by atoms with Crippen LogP contribution in [0, 0.1) is 11.7 Å². The van der Waals surface area contributed by atoms with E-state index >= 15 is 0 Å². The van der Waals surface area contributed by atoms with E-state index in [-0.39, 0.29) is 17.6 Å². The predicted molar refractivity (Wildman–Crippen MR) is 67.1 cm³/mol. The number of nitrogens with zero attached hydrogens (tertiary/aromatic N) is 2. The minimum atomic E-state index is -0.376. The van der Waals surface area contributed by atoms with E-state index < -0.39 is 0 Å². The molecule has 2 aliphatic rings. The Labute approximate surface area is 103 Å². The van der Waals surface area contributed by atoms with Gasteiger partial charge < -0.3 is 0 Å². The van der Waals surface area contributed by atoms with Crippen LogP contribution >= 0.6 is 0 Å². The number of carbonyl (C=O) groups excluding carboxylic acids is 1. The van der Waals surface area contributed by atoms with Crippen LogP contribution in [0.2, 0.25) is 0 Å². The van der Waals surface area contributed by atoms with Crippen LogP contribution in [0.1, 0.15) is 5.56 Å². The number of hydrogen-bond acceptors (Lipinski definition) is 2. The topological polar surface area (TPSA) is 41.8 Å². The Balaban J connectivity index is 2.02. The lowest BCUT2D eigenvalue weighted by Gasteiger charge is -2.17. The summed E-state index contributed by atoms with van der Waals surface area (Å²) in [6.45, 7) is 0. The molecule has 3 nitrogen and oxygen atoms in total. The van der Waals surface area contributed by atoms with E-state index in [1.165, 1.54) is 12.1 Å². The lowest BCUT2D eigenvalue weighted by atomic mass is 9.96. The van der Waals surface area contributed by atoms with E-state index in [1.807, 2.05) is 6.08 Å². The van der Waals surface area contributed by atoms with Crippen LogP contribution in [-0.4, -0.2) is 17.5 Å². The zero-order valence-electron chi connectivity index (χ0n) is 9.38. The van der Waals surface area contributed by atoms with Crippen molar-refractivity contribution in [2.75, 3.05) is 0 Å². The van der Waals surface area contributed by atoms with Crippen LogP contribution in [0.15, 0.2) is 58.6 Å². The first kappa shape index (κ1) is 10.8. The Hall–Kier alpha value is -2.36. The van der Waals surface area contributed by atoms with Gasteiger partial charge in [0, 0.05) is 5.56 Å². The summed E-state index contributed by atoms with van der Waals surface area (Å²) >= 11 is 0. The highest BCUT2D eigenvalue weighted by Gasteiger charge is 2.26. The maximum Gasteiger partial charge on any atom is 0.260 e. The number of amidine groups is 1. The summed E-state index contributed by atoms with van der Waals surface area (Å²) in [6, 6.07) is 5.78. The summed E-state index contributed by atoms with van der Waals surface area (Å²) < 4.78 is 12.8. The molecule has 1 aromatic rings. The van der Waals surface area contributed by atoms with Crippen molar-refractivity contribution in [3.05, 3.63) is 60.0 Å². The maximum absolute atomic E-state index is 12.8. The zero-order chi connectivity index (χ0) is 12.5. The Kier molecular flexibility index (Phi) is 2.48. The predicted octanol–water partition coefficient (Wildman–Crippen LogP) is 2.30. The zero-order valence-corrected chi connectivity index (χ0v) is 9.38. The normalized spacial score (nSPS) is 21.4. The molecule has 0 N–H and O–H groups in total. The summed E-state index contributed by atoms with van der Waals surface area (Å²) in [7, 11) is 0. The SMILES string of the molecule is O=C1N=C(c2ccc(F)cc2)N=C2C=CC=CC12. The van der Waals surface area contributed by atoms with E-state index in [2.05, 4.69) is 9.98 Å². The highest BCUT2D eigenvalue weighted by Crippen LogP contribution is 2.18. The Morgan fingerprint density at radius 1 is 1.06 bits per heavy atom. The molecular weight excluding hydrogens is 231 g/mol. The van der Waals surface area contributed by atoms with Gasteiger partial charge in [0.1, 0.15) is 11.7 Å². The van der Waals surface area contributed by atoms with Crippen molar-refractivity contribution in [3.63, 3.8) is 0 Å². The average molecular weight is 240 g/mol. The number of aliphatic imine (C=N–C) groups is 2. The van der Waals surface area contributed by atoms with Crippen molar-refractivity contribution in [1.29, 1.82) is 0 Å². The fourth-order valence-electron chi connectivity index (χ4n) is 1.90. The Morgan fingerprint density at radius 2 is 1.83 bits per heavy atom. The molecule has 4 heteroatoms. The standard InChI is InChI=1S/C14H9FN2O/c15-10-7-5-9(6-8-10)13-16-12-4-2-1-3-11(12)14(18)17-13/h1-8,11H. The van der Waals surface area contributed by atoms with Crippen molar-refractivity contribution in [2.45, 2.75) is 0 Å². The lowest BCUT2D eigenvalue weighted by Crippen LogP contribution is -2.27. The smallest absolute Gasteiger partial charge is 0.260 e. The molecule has 0 radical (unpaired) electrons. The van der Waals surface area contributed by atoms with Gasteiger partial charge in [0.25, 0.3) is 5.91 Å². The van der Waals surface area contributed by atoms with Gasteiger partial charge >= 0.3 is 0 Å². The van der Waals surface area contributed by atoms with E-state index in [4.69, 9.17) is 0 Å². The monoisotopic (exact) mass is 240 g/mol. The van der Waals surface area contributed by atoms with E-state index in [0.29, 0.717) is 17.1 Å². The van der Waals surface area contributed by atoms with Crippen molar-refractivity contribution in [2.24, 2.45) is 15.9 Å². The number of halogens is 1. The molecule has 1 amide bonds. The minimum absolute atomic E-state index is 0.236. The number of hydrogen-bond donors (Lipinski definition) is 0. The van der Waals surface area contributed by atoms with E-state index in [0.717, 1.165) is 0 Å². The molecule has 0 fully saturated rings. The lowest BCUT2D eigenvalue weighted by molar-refractivity contribution is -0.118. The third-order valence-electron chi connectivity index (χ3n) is 2.82. The quantitative estimate of drug-likeness (QED) is 0.742. The van der Waals surface area contributed by atoms with E-state index in [9.17, 15) is 9.18 Å². The molecule has 1 unspecified atom stereocenters. The van der Waals surface area contributed by atoms with Crippen LogP contribution in [0.5, 0.6) is 0 Å². The number of rotatable bonds is 1. The van der Waals surface area contributed by atoms with Gasteiger partial charge in [0.05, 0.1) is 5.71 Å². The number of allylic oxidation sites excluding steroid dienone is 3. The number of benzene rings is 1. The summed E-state index contributed by atoms with van der Waals surface area (Å²) in [5, 5.41) is 0. The van der Waals surface area contributed by atoms with Crippen LogP contribution in [0.4, 0.5) is 4.39 Å². The number of carbonyl (C=O) groups is 1. The largest absolute Gasteiger partial charge is 0.271 e. The molecule has 0 saturated carbocycles. The van der Waals surface area contributed by atoms with Crippen LogP contribution < -0.4 is 0 Å². The first-order valence-electron chi connectivity index (χ1n) is 5.56. The van der Waals surface area contributed by atoms with Gasteiger partial charge in [-0.1, -0.05) is 18.2 Å². The van der Waals surface area contributed by atoms with Crippen LogP contribution in [0.25, 0.3) is 0 Å². The minimum Gasteiger partial charge on any atom is -0.271 e. The van der Waals surface area contributed by atoms with Crippen molar-refractivity contribution >= 4 is 17.5 Å². The van der Waals surface area contributed by atoms with Gasteiger partial charge in [-0.2, -0.15) is 4.99 Å². The van der Waals surface area contributed by atoms with E-state index in [1.54, 1.807) is 30.4 Å². The number of fused-ring (bicyclic) bond motifs is 1. The molecule has 0 aromatic heterocycles. The van der Waals surface area contributed by atoms with Crippen molar-refractivity contribution in [1.82, 2.24) is 0 Å². The highest BCUT2D eigenvalue weighted by atomic mass is 19.1. The second kappa shape index (κ2) is 4.14. The second-order valence-corrected chi connectivity index (χ2v) is 4.04. The van der Waals surface area contributed by atoms with Crippen LogP contribution in [0.3, 0.4) is 0 Å². The molecule has 0 spiro atoms. The molecule has 0 bridgehead atoms. The molecule has 1 aromatic carbocycles. The Bertz CT molecular complexity index is 624. The summed E-state index contributed by atoms with van der Waals surface area (Å²) in [6.07, 6.45) is 7.20. The summed E-state index contributed by atoms with van der Waals surface area (Å²) in [5.41, 5.74) is 1.32. The molecule has 0 saturated heterocycles. The molecule has 3 rings (SSSR count). The first-order chi connectivity index (χ1) is 8.74. The third-order valence-corrected chi connectivity index (χ3v) is 2.82. The van der Waals surface area contributed by atoms with Gasteiger partial charge in [-0.05, 0) is 30.3 Å². The number of amides is 1. The highest BCUT2D eigenvalue weighted by molar-refractivity contribution is 6.24. The molecule has 18 heavy (non-hydrogen) atoms. The fourth-order valence-corrected chi connectivity index (χ4v) is 1.90. The van der Waals surface area contributed by atoms with Gasteiger partial charge in [0.15, 0.2) is 5.84 Å². The van der Waals surface area contributed by atoms with Crippen molar-refractivity contribution < 1.29 is 9.18 Å². The van der Waals surface area contributed by atoms with Crippen LogP contribution in [-0.2, 0) is 4.79 Å². The molecule has 88 valence electrons. The van der Waals surface area contributed by atoms with Gasteiger partial charge in [-0.15, -0.1) is 0 Å². The summed E-state index contributed by atoms with van der Waals surface area (Å²) in [5.74, 6) is -0.599. The molecule has 1 aliphatic carbocycles. The van der Waals surface area contributed by atoms with Gasteiger partial charge in [0.2, 0.25) is 0 Å². The maximum atomic E-state index is 12.8. The third kappa shape index (κ3) is 1.82. The fraction of sp³-hybridized carbons (Fsp3) is 0.0714. The molecule has 1 heterocycles. The average Bonchev–Trinajstić information content (AvgIpc) is 2.39. The summed E-state index contributed by atoms with van der Waals surface area (Å²) in [4.78, 5) is 20.1. The first-order valence-corrected chi connectivity index (χ1v) is 5.56. The van der Waals surface area contributed by atoms with Crippen molar-refractivity contribution in [3.8, 4) is 0 Å².